The summed E-state index contributed by atoms with van der Waals surface area (Å²) in [5.41, 5.74) is 0. The third-order valence-corrected chi connectivity index (χ3v) is 14.8. The summed E-state index contributed by atoms with van der Waals surface area (Å²) in [4.78, 5) is 38.3. The van der Waals surface area contributed by atoms with Crippen LogP contribution in [0.15, 0.2) is 48.6 Å². The lowest BCUT2D eigenvalue weighted by Gasteiger charge is -2.18. The van der Waals surface area contributed by atoms with Gasteiger partial charge >= 0.3 is 17.9 Å². The number of hydrogen-bond acceptors (Lipinski definition) is 6. The highest BCUT2D eigenvalue weighted by atomic mass is 16.6. The molecule has 1 atom stereocenters. The van der Waals surface area contributed by atoms with Gasteiger partial charge in [-0.15, -0.1) is 0 Å². The fraction of sp³-hybridized carbons (Fsp3) is 0.841. The summed E-state index contributed by atoms with van der Waals surface area (Å²) in [6.07, 6.45) is 79.8. The maximum atomic E-state index is 12.9. The Morgan fingerprint density at radius 1 is 0.280 bits per heavy atom. The number of rotatable bonds is 61. The summed E-state index contributed by atoms with van der Waals surface area (Å²) in [5, 5.41) is 0. The molecule has 75 heavy (non-hydrogen) atoms. The molecule has 6 nitrogen and oxygen atoms in total. The molecule has 0 bridgehead atoms. The van der Waals surface area contributed by atoms with Crippen LogP contribution in [0.4, 0.5) is 0 Å². The van der Waals surface area contributed by atoms with Gasteiger partial charge in [-0.3, -0.25) is 14.4 Å². The molecule has 1 unspecified atom stereocenters. The first-order chi connectivity index (χ1) is 37.0. The van der Waals surface area contributed by atoms with Crippen molar-refractivity contribution in [1.29, 1.82) is 0 Å². The van der Waals surface area contributed by atoms with E-state index in [0.29, 0.717) is 19.3 Å². The standard InChI is InChI=1S/C69H126O6/c1-4-7-10-13-16-19-22-25-28-29-30-31-32-33-34-35-36-37-38-39-42-44-47-50-53-56-59-62-68(71)74-65-66(75-69(72)63-60-57-54-51-48-45-41-27-24-21-18-15-12-9-6-3)64-73-67(70)61-58-55-52-49-46-43-40-26-23-20-17-14-11-8-5-2/h7,10,16,19,25,28,30-31,66H,4-6,8-9,11-15,17-18,20-24,26-27,29,32-65H2,1-3H3/b10-7-,19-16-,28-25-,31-30-. The second kappa shape index (κ2) is 63.9. The van der Waals surface area contributed by atoms with Crippen molar-refractivity contribution in [3.05, 3.63) is 48.6 Å². The van der Waals surface area contributed by atoms with Gasteiger partial charge in [0.15, 0.2) is 6.10 Å². The van der Waals surface area contributed by atoms with Crippen LogP contribution in [0.1, 0.15) is 355 Å². The van der Waals surface area contributed by atoms with E-state index in [0.717, 1.165) is 83.5 Å². The van der Waals surface area contributed by atoms with Crippen molar-refractivity contribution in [3.8, 4) is 0 Å². The molecule has 0 aliphatic rings. The van der Waals surface area contributed by atoms with Gasteiger partial charge in [0.1, 0.15) is 13.2 Å². The molecule has 0 heterocycles. The molecule has 6 heteroatoms. The van der Waals surface area contributed by atoms with Gasteiger partial charge in [0.25, 0.3) is 0 Å². The van der Waals surface area contributed by atoms with E-state index in [2.05, 4.69) is 69.4 Å². The first kappa shape index (κ1) is 72.4. The molecule has 0 aromatic carbocycles. The van der Waals surface area contributed by atoms with Crippen molar-refractivity contribution >= 4 is 17.9 Å². The summed E-state index contributed by atoms with van der Waals surface area (Å²) >= 11 is 0. The minimum atomic E-state index is -0.769. The molecule has 0 amide bonds. The van der Waals surface area contributed by atoms with E-state index in [9.17, 15) is 14.4 Å². The lowest BCUT2D eigenvalue weighted by Crippen LogP contribution is -2.30. The van der Waals surface area contributed by atoms with Gasteiger partial charge < -0.3 is 14.2 Å². The van der Waals surface area contributed by atoms with Crippen molar-refractivity contribution in [2.45, 2.75) is 361 Å². The maximum Gasteiger partial charge on any atom is 0.306 e. The third kappa shape index (κ3) is 62.1. The molecule has 0 aliphatic heterocycles. The minimum absolute atomic E-state index is 0.0663. The zero-order valence-electron chi connectivity index (χ0n) is 50.3. The molecule has 0 saturated heterocycles. The number of esters is 3. The van der Waals surface area contributed by atoms with Crippen LogP contribution in [-0.4, -0.2) is 37.2 Å². The Morgan fingerprint density at radius 3 is 0.813 bits per heavy atom. The second-order valence-electron chi connectivity index (χ2n) is 22.4. The SMILES string of the molecule is CC/C=C\C/C=C\C/C=C\C/C=C\CCCCCCCCCCCCCCCCC(=O)OCC(COC(=O)CCCCCCCCCCCCCCCCC)OC(=O)CCCCCCCCCCCCCCCCC. The Bertz CT molecular complexity index is 1300. The molecule has 0 saturated carbocycles. The summed E-state index contributed by atoms with van der Waals surface area (Å²) in [7, 11) is 0. The number of allylic oxidation sites excluding steroid dienone is 8. The van der Waals surface area contributed by atoms with Crippen LogP contribution in [0, 0.1) is 0 Å². The number of ether oxygens (including phenoxy) is 3. The van der Waals surface area contributed by atoms with Crippen molar-refractivity contribution in [1.82, 2.24) is 0 Å². The summed E-state index contributed by atoms with van der Waals surface area (Å²) < 4.78 is 17.0. The number of carbonyl (C=O) groups is 3. The van der Waals surface area contributed by atoms with E-state index >= 15 is 0 Å². The molecular formula is C69H126O6. The van der Waals surface area contributed by atoms with Crippen LogP contribution in [0.25, 0.3) is 0 Å². The fourth-order valence-electron chi connectivity index (χ4n) is 9.91. The van der Waals surface area contributed by atoms with Gasteiger partial charge in [0.05, 0.1) is 0 Å². The van der Waals surface area contributed by atoms with E-state index in [1.807, 2.05) is 0 Å². The normalized spacial score (nSPS) is 12.3. The Hall–Kier alpha value is -2.63. The average Bonchev–Trinajstić information content (AvgIpc) is 3.41. The van der Waals surface area contributed by atoms with Crippen molar-refractivity contribution in [3.63, 3.8) is 0 Å². The summed E-state index contributed by atoms with van der Waals surface area (Å²) in [5.74, 6) is -0.840. The van der Waals surface area contributed by atoms with Crippen molar-refractivity contribution in [2.24, 2.45) is 0 Å². The molecule has 0 spiro atoms. The molecule has 0 rings (SSSR count). The average molecular weight is 1050 g/mol. The van der Waals surface area contributed by atoms with Gasteiger partial charge in [0.2, 0.25) is 0 Å². The highest BCUT2D eigenvalue weighted by Crippen LogP contribution is 2.18. The monoisotopic (exact) mass is 1050 g/mol. The third-order valence-electron chi connectivity index (χ3n) is 14.8. The minimum Gasteiger partial charge on any atom is -0.462 e. The lowest BCUT2D eigenvalue weighted by molar-refractivity contribution is -0.167. The first-order valence-electron chi connectivity index (χ1n) is 33.1. The number of hydrogen-bond donors (Lipinski definition) is 0. The molecule has 0 radical (unpaired) electrons. The molecule has 438 valence electrons. The smallest absolute Gasteiger partial charge is 0.306 e. The number of carbonyl (C=O) groups excluding carboxylic acids is 3. The van der Waals surface area contributed by atoms with Crippen LogP contribution >= 0.6 is 0 Å². The van der Waals surface area contributed by atoms with Crippen LogP contribution in [0.3, 0.4) is 0 Å². The van der Waals surface area contributed by atoms with Crippen molar-refractivity contribution in [2.75, 3.05) is 13.2 Å². The van der Waals surface area contributed by atoms with Gasteiger partial charge in [-0.25, -0.2) is 0 Å². The van der Waals surface area contributed by atoms with E-state index in [1.165, 1.54) is 231 Å². The Balaban J connectivity index is 4.22. The van der Waals surface area contributed by atoms with Crippen molar-refractivity contribution < 1.29 is 28.6 Å². The second-order valence-corrected chi connectivity index (χ2v) is 22.4. The number of unbranched alkanes of at least 4 members (excludes halogenated alkanes) is 42. The molecule has 0 N–H and O–H groups in total. The highest BCUT2D eigenvalue weighted by molar-refractivity contribution is 5.71. The zero-order valence-corrected chi connectivity index (χ0v) is 50.3. The van der Waals surface area contributed by atoms with Crippen LogP contribution in [0.2, 0.25) is 0 Å². The summed E-state index contributed by atoms with van der Waals surface area (Å²) in [6, 6.07) is 0. The van der Waals surface area contributed by atoms with Gasteiger partial charge in [-0.1, -0.05) is 326 Å². The lowest BCUT2D eigenvalue weighted by atomic mass is 10.0. The van der Waals surface area contributed by atoms with E-state index in [1.54, 1.807) is 0 Å². The quantitative estimate of drug-likeness (QED) is 0.0261. The predicted molar refractivity (Wildman–Crippen MR) is 325 cm³/mol. The molecule has 0 aromatic rings. The van der Waals surface area contributed by atoms with Gasteiger partial charge in [0, 0.05) is 19.3 Å². The zero-order chi connectivity index (χ0) is 54.3. The van der Waals surface area contributed by atoms with Gasteiger partial charge in [-0.2, -0.15) is 0 Å². The Labute approximate surface area is 467 Å². The first-order valence-corrected chi connectivity index (χ1v) is 33.1. The van der Waals surface area contributed by atoms with E-state index in [4.69, 9.17) is 14.2 Å². The van der Waals surface area contributed by atoms with E-state index in [-0.39, 0.29) is 31.1 Å². The Kier molecular flexibility index (Phi) is 61.7. The molecule has 0 aromatic heterocycles. The van der Waals surface area contributed by atoms with Crippen LogP contribution in [-0.2, 0) is 28.6 Å². The van der Waals surface area contributed by atoms with Crippen LogP contribution < -0.4 is 0 Å². The molecule has 0 fully saturated rings. The maximum absolute atomic E-state index is 12.9. The largest absolute Gasteiger partial charge is 0.462 e. The molecular weight excluding hydrogens is 925 g/mol. The summed E-state index contributed by atoms with van der Waals surface area (Å²) in [6.45, 7) is 6.59. The fourth-order valence-corrected chi connectivity index (χ4v) is 9.91. The molecule has 0 aliphatic carbocycles. The van der Waals surface area contributed by atoms with E-state index < -0.39 is 6.10 Å². The van der Waals surface area contributed by atoms with Crippen LogP contribution in [0.5, 0.6) is 0 Å². The van der Waals surface area contributed by atoms with Gasteiger partial charge in [-0.05, 0) is 57.8 Å². The Morgan fingerprint density at radius 2 is 0.520 bits per heavy atom. The predicted octanol–water partition coefficient (Wildman–Crippen LogP) is 22.6. The highest BCUT2D eigenvalue weighted by Gasteiger charge is 2.19. The topological polar surface area (TPSA) is 78.9 Å².